The SMILES string of the molecule is CCCCC(CC)CC=CC(=O)OC(C)=O. The number of carbonyl (C=O) groups is 2. The van der Waals surface area contributed by atoms with Gasteiger partial charge in [0.15, 0.2) is 0 Å². The van der Waals surface area contributed by atoms with Crippen molar-refractivity contribution in [2.75, 3.05) is 0 Å². The Kier molecular flexibility index (Phi) is 8.49. The number of ether oxygens (including phenoxy) is 1. The van der Waals surface area contributed by atoms with Crippen LogP contribution < -0.4 is 0 Å². The fourth-order valence-corrected chi connectivity index (χ4v) is 1.51. The molecule has 0 N–H and O–H groups in total. The van der Waals surface area contributed by atoms with Crippen molar-refractivity contribution in [3.63, 3.8) is 0 Å². The van der Waals surface area contributed by atoms with E-state index in [1.807, 2.05) is 0 Å². The summed E-state index contributed by atoms with van der Waals surface area (Å²) >= 11 is 0. The molecule has 0 aliphatic rings. The molecular weight excluding hydrogens is 204 g/mol. The third-order valence-corrected chi connectivity index (χ3v) is 2.51. The number of esters is 2. The van der Waals surface area contributed by atoms with Crippen LogP contribution in [0.1, 0.15) is 52.9 Å². The molecule has 0 bridgehead atoms. The van der Waals surface area contributed by atoms with Gasteiger partial charge in [-0.05, 0) is 12.3 Å². The Morgan fingerprint density at radius 2 is 2.00 bits per heavy atom. The van der Waals surface area contributed by atoms with Gasteiger partial charge in [0.05, 0.1) is 0 Å². The van der Waals surface area contributed by atoms with E-state index >= 15 is 0 Å². The van der Waals surface area contributed by atoms with Crippen molar-refractivity contribution >= 4 is 11.9 Å². The smallest absolute Gasteiger partial charge is 0.338 e. The highest BCUT2D eigenvalue weighted by Gasteiger charge is 2.04. The monoisotopic (exact) mass is 226 g/mol. The van der Waals surface area contributed by atoms with Crippen molar-refractivity contribution in [2.45, 2.75) is 52.9 Å². The number of hydrogen-bond acceptors (Lipinski definition) is 3. The average molecular weight is 226 g/mol. The minimum absolute atomic E-state index is 0.562. The first-order valence-electron chi connectivity index (χ1n) is 5.99. The molecule has 0 aromatic rings. The minimum atomic E-state index is -0.571. The third-order valence-electron chi connectivity index (χ3n) is 2.51. The highest BCUT2D eigenvalue weighted by molar-refractivity contribution is 5.91. The molecule has 3 nitrogen and oxygen atoms in total. The summed E-state index contributed by atoms with van der Waals surface area (Å²) in [6.07, 6.45) is 8.76. The van der Waals surface area contributed by atoms with Crippen LogP contribution in [0.15, 0.2) is 12.2 Å². The first-order chi connectivity index (χ1) is 7.60. The number of hydrogen-bond donors (Lipinski definition) is 0. The predicted molar refractivity (Wildman–Crippen MR) is 63.8 cm³/mol. The van der Waals surface area contributed by atoms with Crippen LogP contribution in [0.3, 0.4) is 0 Å². The molecule has 0 radical (unpaired) electrons. The lowest BCUT2D eigenvalue weighted by Gasteiger charge is -2.10. The van der Waals surface area contributed by atoms with Crippen molar-refractivity contribution in [3.05, 3.63) is 12.2 Å². The van der Waals surface area contributed by atoms with E-state index in [9.17, 15) is 9.59 Å². The van der Waals surface area contributed by atoms with Gasteiger partial charge in [-0.3, -0.25) is 4.79 Å². The lowest BCUT2D eigenvalue weighted by Crippen LogP contribution is -2.05. The van der Waals surface area contributed by atoms with Crippen LogP contribution in [0.25, 0.3) is 0 Å². The summed E-state index contributed by atoms with van der Waals surface area (Å²) in [5.41, 5.74) is 0. The molecule has 16 heavy (non-hydrogen) atoms. The highest BCUT2D eigenvalue weighted by Crippen LogP contribution is 2.16. The second-order valence-corrected chi connectivity index (χ2v) is 3.97. The summed E-state index contributed by atoms with van der Waals surface area (Å²) in [6.45, 7) is 5.55. The van der Waals surface area contributed by atoms with Gasteiger partial charge in [0.2, 0.25) is 0 Å². The molecule has 0 aliphatic heterocycles. The zero-order valence-corrected chi connectivity index (χ0v) is 10.5. The van der Waals surface area contributed by atoms with Crippen molar-refractivity contribution in [1.82, 2.24) is 0 Å². The maximum Gasteiger partial charge on any atom is 0.338 e. The van der Waals surface area contributed by atoms with Crippen molar-refractivity contribution in [3.8, 4) is 0 Å². The molecule has 92 valence electrons. The van der Waals surface area contributed by atoms with Gasteiger partial charge in [-0.25, -0.2) is 4.79 Å². The largest absolute Gasteiger partial charge is 0.390 e. The van der Waals surface area contributed by atoms with Crippen LogP contribution in [0.2, 0.25) is 0 Å². The van der Waals surface area contributed by atoms with E-state index < -0.39 is 11.9 Å². The summed E-state index contributed by atoms with van der Waals surface area (Å²) in [6, 6.07) is 0. The molecule has 0 aromatic carbocycles. The fraction of sp³-hybridized carbons (Fsp3) is 0.692. The van der Waals surface area contributed by atoms with E-state index in [2.05, 4.69) is 18.6 Å². The molecule has 1 unspecified atom stereocenters. The third kappa shape index (κ3) is 8.21. The van der Waals surface area contributed by atoms with Gasteiger partial charge in [0.1, 0.15) is 0 Å². The van der Waals surface area contributed by atoms with E-state index in [1.54, 1.807) is 6.08 Å². The molecule has 0 heterocycles. The average Bonchev–Trinajstić information content (AvgIpc) is 2.22. The number of unbranched alkanes of at least 4 members (excludes halogenated alkanes) is 1. The maximum absolute atomic E-state index is 11.0. The topological polar surface area (TPSA) is 43.4 Å². The Bertz CT molecular complexity index is 244. The summed E-state index contributed by atoms with van der Waals surface area (Å²) in [5.74, 6) is -0.508. The summed E-state index contributed by atoms with van der Waals surface area (Å²) < 4.78 is 4.38. The van der Waals surface area contributed by atoms with Crippen LogP contribution >= 0.6 is 0 Å². The van der Waals surface area contributed by atoms with E-state index in [1.165, 1.54) is 32.3 Å². The maximum atomic E-state index is 11.0. The Hall–Kier alpha value is -1.12. The molecule has 0 fully saturated rings. The van der Waals surface area contributed by atoms with Gasteiger partial charge < -0.3 is 4.74 Å². The van der Waals surface area contributed by atoms with Gasteiger partial charge in [-0.2, -0.15) is 0 Å². The molecule has 0 spiro atoms. The molecule has 0 amide bonds. The predicted octanol–water partition coefficient (Wildman–Crippen LogP) is 3.24. The van der Waals surface area contributed by atoms with Crippen LogP contribution in [0.4, 0.5) is 0 Å². The molecule has 1 atom stereocenters. The normalized spacial score (nSPS) is 12.7. The fourth-order valence-electron chi connectivity index (χ4n) is 1.51. The molecule has 0 aliphatic carbocycles. The molecule has 0 saturated carbocycles. The Labute approximate surface area is 97.9 Å². The lowest BCUT2D eigenvalue weighted by molar-refractivity contribution is -0.154. The van der Waals surface area contributed by atoms with Gasteiger partial charge >= 0.3 is 11.9 Å². The van der Waals surface area contributed by atoms with E-state index in [-0.39, 0.29) is 0 Å². The van der Waals surface area contributed by atoms with Crippen molar-refractivity contribution < 1.29 is 14.3 Å². The van der Waals surface area contributed by atoms with Crippen molar-refractivity contribution in [2.24, 2.45) is 5.92 Å². The molecule has 0 aromatic heterocycles. The van der Waals surface area contributed by atoms with Crippen LogP contribution in [0.5, 0.6) is 0 Å². The van der Waals surface area contributed by atoms with E-state index in [4.69, 9.17) is 0 Å². The van der Waals surface area contributed by atoms with Crippen molar-refractivity contribution in [1.29, 1.82) is 0 Å². The Morgan fingerprint density at radius 1 is 1.31 bits per heavy atom. The molecule has 0 rings (SSSR count). The number of rotatable bonds is 7. The van der Waals surface area contributed by atoms with Gasteiger partial charge in [0.25, 0.3) is 0 Å². The molecule has 3 heteroatoms. The lowest BCUT2D eigenvalue weighted by atomic mass is 9.96. The quantitative estimate of drug-likeness (QED) is 0.380. The Morgan fingerprint density at radius 3 is 2.50 bits per heavy atom. The van der Waals surface area contributed by atoms with Gasteiger partial charge in [0, 0.05) is 13.0 Å². The zero-order chi connectivity index (χ0) is 12.4. The van der Waals surface area contributed by atoms with E-state index in [0.717, 1.165) is 12.8 Å². The molecular formula is C13H22O3. The van der Waals surface area contributed by atoms with Gasteiger partial charge in [-0.1, -0.05) is 45.6 Å². The van der Waals surface area contributed by atoms with Crippen LogP contribution in [-0.4, -0.2) is 11.9 Å². The van der Waals surface area contributed by atoms with Gasteiger partial charge in [-0.15, -0.1) is 0 Å². The first-order valence-corrected chi connectivity index (χ1v) is 5.99. The van der Waals surface area contributed by atoms with Crippen LogP contribution in [0, 0.1) is 5.92 Å². The molecule has 0 saturated heterocycles. The van der Waals surface area contributed by atoms with E-state index in [0.29, 0.717) is 5.92 Å². The number of allylic oxidation sites excluding steroid dienone is 1. The number of carbonyl (C=O) groups excluding carboxylic acids is 2. The highest BCUT2D eigenvalue weighted by atomic mass is 16.6. The minimum Gasteiger partial charge on any atom is -0.390 e. The summed E-state index contributed by atoms with van der Waals surface area (Å²) in [7, 11) is 0. The summed E-state index contributed by atoms with van der Waals surface area (Å²) in [4.78, 5) is 21.5. The zero-order valence-electron chi connectivity index (χ0n) is 10.5. The second-order valence-electron chi connectivity index (χ2n) is 3.97. The first kappa shape index (κ1) is 14.9. The standard InChI is InChI=1S/C13H22O3/c1-4-6-8-12(5-2)9-7-10-13(15)16-11(3)14/h7,10,12H,4-6,8-9H2,1-3H3. The van der Waals surface area contributed by atoms with Crippen LogP contribution in [-0.2, 0) is 14.3 Å². The summed E-state index contributed by atoms with van der Waals surface area (Å²) in [5, 5.41) is 0. The second kappa shape index (κ2) is 9.13. The Balaban J connectivity index is 3.86.